The molecular weight excluding hydrogens is 342 g/mol. The van der Waals surface area contributed by atoms with Gasteiger partial charge in [0.05, 0.1) is 18.3 Å². The van der Waals surface area contributed by atoms with Crippen LogP contribution < -0.4 is 20.7 Å². The van der Waals surface area contributed by atoms with Crippen LogP contribution in [0.2, 0.25) is 0 Å². The third-order valence-corrected chi connectivity index (χ3v) is 3.63. The van der Waals surface area contributed by atoms with E-state index < -0.39 is 0 Å². The van der Waals surface area contributed by atoms with Crippen molar-refractivity contribution in [2.24, 2.45) is 5.92 Å². The lowest BCUT2D eigenvalue weighted by Gasteiger charge is -2.15. The van der Waals surface area contributed by atoms with Crippen molar-refractivity contribution >= 4 is 28.9 Å². The molecule has 0 saturated carbocycles. The first-order chi connectivity index (χ1) is 12.8. The van der Waals surface area contributed by atoms with Crippen molar-refractivity contribution in [3.63, 3.8) is 0 Å². The van der Waals surface area contributed by atoms with Crippen LogP contribution in [0.5, 0.6) is 5.75 Å². The minimum absolute atomic E-state index is 0.0185. The zero-order chi connectivity index (χ0) is 19.8. The average Bonchev–Trinajstić information content (AvgIpc) is 2.61. The van der Waals surface area contributed by atoms with Gasteiger partial charge in [-0.3, -0.25) is 9.59 Å². The molecule has 0 spiro atoms. The van der Waals surface area contributed by atoms with Gasteiger partial charge in [-0.1, -0.05) is 32.0 Å². The number of para-hydroxylation sites is 2. The van der Waals surface area contributed by atoms with E-state index in [2.05, 4.69) is 16.0 Å². The molecule has 2 rings (SSSR count). The van der Waals surface area contributed by atoms with Crippen molar-refractivity contribution in [2.45, 2.75) is 33.8 Å². The minimum atomic E-state index is -0.188. The number of carbonyl (C=O) groups is 2. The van der Waals surface area contributed by atoms with Crippen LogP contribution in [0.3, 0.4) is 0 Å². The molecule has 0 aliphatic rings. The Morgan fingerprint density at radius 2 is 1.63 bits per heavy atom. The predicted molar refractivity (Wildman–Crippen MR) is 109 cm³/mol. The summed E-state index contributed by atoms with van der Waals surface area (Å²) in [6.45, 7) is 7.64. The zero-order valence-electron chi connectivity index (χ0n) is 16.2. The molecule has 27 heavy (non-hydrogen) atoms. The molecule has 0 unspecified atom stereocenters. The molecule has 2 aromatic rings. The van der Waals surface area contributed by atoms with Crippen LogP contribution in [-0.2, 0) is 9.59 Å². The van der Waals surface area contributed by atoms with E-state index in [0.717, 1.165) is 5.69 Å². The highest BCUT2D eigenvalue weighted by Gasteiger charge is 2.10. The normalized spacial score (nSPS) is 10.6. The molecule has 0 radical (unpaired) electrons. The summed E-state index contributed by atoms with van der Waals surface area (Å²) in [6.07, 6.45) is 0.0185. The Labute approximate surface area is 160 Å². The summed E-state index contributed by atoms with van der Waals surface area (Å²) in [6, 6.07) is 14.6. The number of anilines is 3. The van der Waals surface area contributed by atoms with Crippen molar-refractivity contribution in [2.75, 3.05) is 22.5 Å². The van der Waals surface area contributed by atoms with Crippen molar-refractivity contribution in [1.82, 2.24) is 0 Å². The maximum atomic E-state index is 12.3. The monoisotopic (exact) mass is 369 g/mol. The van der Waals surface area contributed by atoms with Crippen molar-refractivity contribution in [1.29, 1.82) is 0 Å². The molecular formula is C21H27N3O3. The molecule has 0 bridgehead atoms. The van der Waals surface area contributed by atoms with Gasteiger partial charge in [-0.25, -0.2) is 0 Å². The first kappa shape index (κ1) is 20.3. The number of carbonyl (C=O) groups excluding carboxylic acids is 2. The van der Waals surface area contributed by atoms with E-state index in [4.69, 9.17) is 4.74 Å². The van der Waals surface area contributed by atoms with Crippen LogP contribution >= 0.6 is 0 Å². The Morgan fingerprint density at radius 3 is 2.33 bits per heavy atom. The molecule has 2 aromatic carbocycles. The van der Waals surface area contributed by atoms with Crippen LogP contribution in [0.4, 0.5) is 17.1 Å². The smallest absolute Gasteiger partial charge is 0.243 e. The predicted octanol–water partition coefficient (Wildman–Crippen LogP) is 4.12. The van der Waals surface area contributed by atoms with Crippen molar-refractivity contribution in [3.8, 4) is 5.75 Å². The maximum absolute atomic E-state index is 12.3. The van der Waals surface area contributed by atoms with E-state index in [1.807, 2.05) is 64.1 Å². The highest BCUT2D eigenvalue weighted by Crippen LogP contribution is 2.24. The standard InChI is InChI=1S/C21H27N3O3/c1-14(2)21(26)23-17-9-7-8-16(12-17)22-13-20(25)24-18-10-5-6-11-19(18)27-15(3)4/h5-12,14-15,22H,13H2,1-4H3,(H,23,26)(H,24,25). The Hall–Kier alpha value is -3.02. The number of amides is 2. The lowest BCUT2D eigenvalue weighted by atomic mass is 10.2. The maximum Gasteiger partial charge on any atom is 0.243 e. The Morgan fingerprint density at radius 1 is 0.926 bits per heavy atom. The van der Waals surface area contributed by atoms with Crippen LogP contribution in [0.15, 0.2) is 48.5 Å². The number of benzene rings is 2. The highest BCUT2D eigenvalue weighted by molar-refractivity contribution is 5.95. The fourth-order valence-electron chi connectivity index (χ4n) is 2.30. The quantitative estimate of drug-likeness (QED) is 0.654. The number of hydrogen-bond acceptors (Lipinski definition) is 4. The number of rotatable bonds is 8. The van der Waals surface area contributed by atoms with E-state index >= 15 is 0 Å². The summed E-state index contributed by atoms with van der Waals surface area (Å²) < 4.78 is 5.71. The van der Waals surface area contributed by atoms with Gasteiger partial charge < -0.3 is 20.7 Å². The van der Waals surface area contributed by atoms with Crippen LogP contribution in [0, 0.1) is 5.92 Å². The second-order valence-electron chi connectivity index (χ2n) is 6.79. The number of hydrogen-bond donors (Lipinski definition) is 3. The minimum Gasteiger partial charge on any atom is -0.489 e. The summed E-state index contributed by atoms with van der Waals surface area (Å²) in [4.78, 5) is 24.1. The van der Waals surface area contributed by atoms with Gasteiger partial charge in [0.1, 0.15) is 5.75 Å². The Kier molecular flexibility index (Phi) is 7.23. The molecule has 0 fully saturated rings. The Balaban J connectivity index is 1.94. The third-order valence-electron chi connectivity index (χ3n) is 3.63. The van der Waals surface area contributed by atoms with E-state index in [9.17, 15) is 9.59 Å². The SMILES string of the molecule is CC(C)Oc1ccccc1NC(=O)CNc1cccc(NC(=O)C(C)C)c1. The van der Waals surface area contributed by atoms with Gasteiger partial charge >= 0.3 is 0 Å². The molecule has 0 heterocycles. The van der Waals surface area contributed by atoms with Gasteiger partial charge in [-0.05, 0) is 44.2 Å². The lowest BCUT2D eigenvalue weighted by Crippen LogP contribution is -2.22. The van der Waals surface area contributed by atoms with Gasteiger partial charge in [0.15, 0.2) is 0 Å². The fraction of sp³-hybridized carbons (Fsp3) is 0.333. The third kappa shape index (κ3) is 6.66. The zero-order valence-corrected chi connectivity index (χ0v) is 16.2. The molecule has 3 N–H and O–H groups in total. The molecule has 0 aromatic heterocycles. The number of ether oxygens (including phenoxy) is 1. The summed E-state index contributed by atoms with van der Waals surface area (Å²) >= 11 is 0. The average molecular weight is 369 g/mol. The van der Waals surface area contributed by atoms with Gasteiger partial charge in [0.2, 0.25) is 11.8 Å². The molecule has 6 heteroatoms. The molecule has 0 saturated heterocycles. The van der Waals surface area contributed by atoms with E-state index in [1.54, 1.807) is 12.1 Å². The molecule has 6 nitrogen and oxygen atoms in total. The second kappa shape index (κ2) is 9.62. The fourth-order valence-corrected chi connectivity index (χ4v) is 2.30. The van der Waals surface area contributed by atoms with Gasteiger partial charge in [-0.15, -0.1) is 0 Å². The summed E-state index contributed by atoms with van der Waals surface area (Å²) in [7, 11) is 0. The molecule has 0 aliphatic carbocycles. The first-order valence-electron chi connectivity index (χ1n) is 9.05. The molecule has 2 amide bonds. The summed E-state index contributed by atoms with van der Waals surface area (Å²) in [5.41, 5.74) is 2.07. The van der Waals surface area contributed by atoms with E-state index in [0.29, 0.717) is 17.1 Å². The van der Waals surface area contributed by atoms with Gasteiger partial charge in [0, 0.05) is 17.3 Å². The van der Waals surface area contributed by atoms with Gasteiger partial charge in [-0.2, -0.15) is 0 Å². The van der Waals surface area contributed by atoms with Crippen molar-refractivity contribution < 1.29 is 14.3 Å². The van der Waals surface area contributed by atoms with Crippen molar-refractivity contribution in [3.05, 3.63) is 48.5 Å². The molecule has 0 aliphatic heterocycles. The van der Waals surface area contributed by atoms with Crippen LogP contribution in [0.25, 0.3) is 0 Å². The molecule has 0 atom stereocenters. The largest absolute Gasteiger partial charge is 0.489 e. The number of nitrogens with one attached hydrogen (secondary N) is 3. The second-order valence-corrected chi connectivity index (χ2v) is 6.79. The van der Waals surface area contributed by atoms with E-state index in [-0.39, 0.29) is 30.4 Å². The first-order valence-corrected chi connectivity index (χ1v) is 9.05. The summed E-state index contributed by atoms with van der Waals surface area (Å²) in [5, 5.41) is 8.75. The van der Waals surface area contributed by atoms with E-state index in [1.165, 1.54) is 0 Å². The molecule has 144 valence electrons. The lowest BCUT2D eigenvalue weighted by molar-refractivity contribution is -0.119. The Bertz CT molecular complexity index is 788. The van der Waals surface area contributed by atoms with Crippen LogP contribution in [-0.4, -0.2) is 24.5 Å². The summed E-state index contributed by atoms with van der Waals surface area (Å²) in [5.74, 6) is 0.304. The topological polar surface area (TPSA) is 79.5 Å². The van der Waals surface area contributed by atoms with Crippen LogP contribution in [0.1, 0.15) is 27.7 Å². The highest BCUT2D eigenvalue weighted by atomic mass is 16.5. The van der Waals surface area contributed by atoms with Gasteiger partial charge in [0.25, 0.3) is 0 Å².